The lowest BCUT2D eigenvalue weighted by Gasteiger charge is -2.26. The molecule has 9 nitrogen and oxygen atoms in total. The van der Waals surface area contributed by atoms with Gasteiger partial charge in [0.05, 0.1) is 23.2 Å². The maximum atomic E-state index is 10.7. The predicted octanol–water partition coefficient (Wildman–Crippen LogP) is 0.649. The molecular formula is C13H19ClN6O3. The van der Waals surface area contributed by atoms with Crippen LogP contribution in [0.3, 0.4) is 0 Å². The van der Waals surface area contributed by atoms with Gasteiger partial charge in [0.1, 0.15) is 5.82 Å². The molecule has 23 heavy (non-hydrogen) atoms. The average Bonchev–Trinajstić information content (AvgIpc) is 2.54. The number of pyridine rings is 1. The first-order valence-electron chi connectivity index (χ1n) is 7.16. The molecular weight excluding hydrogens is 324 g/mol. The van der Waals surface area contributed by atoms with Crippen molar-refractivity contribution in [3.8, 4) is 0 Å². The Morgan fingerprint density at radius 1 is 1.48 bits per heavy atom. The van der Waals surface area contributed by atoms with Crippen molar-refractivity contribution in [3.05, 3.63) is 45.5 Å². The monoisotopic (exact) mass is 342 g/mol. The molecule has 126 valence electrons. The van der Waals surface area contributed by atoms with Crippen molar-refractivity contribution in [2.24, 2.45) is 0 Å². The number of morpholine rings is 1. The third-order valence-corrected chi connectivity index (χ3v) is 3.36. The summed E-state index contributed by atoms with van der Waals surface area (Å²) < 4.78 is 5.27. The molecule has 1 aliphatic heterocycles. The van der Waals surface area contributed by atoms with Crippen LogP contribution in [-0.4, -0.2) is 54.2 Å². The Hall–Kier alpha value is -2.10. The summed E-state index contributed by atoms with van der Waals surface area (Å²) in [6.07, 6.45) is 2.34. The quantitative estimate of drug-likeness (QED) is 0.467. The van der Waals surface area contributed by atoms with Crippen LogP contribution in [0.25, 0.3) is 0 Å². The molecule has 0 aromatic carbocycles. The first kappa shape index (κ1) is 17.3. The van der Waals surface area contributed by atoms with Gasteiger partial charge >= 0.3 is 0 Å². The van der Waals surface area contributed by atoms with Gasteiger partial charge in [0, 0.05) is 32.4 Å². The number of halogens is 1. The third kappa shape index (κ3) is 6.68. The number of rotatable bonds is 8. The molecule has 0 radical (unpaired) electrons. The van der Waals surface area contributed by atoms with E-state index in [0.29, 0.717) is 17.4 Å². The first-order chi connectivity index (χ1) is 11.1. The fraction of sp³-hybridized carbons (Fsp3) is 0.462. The summed E-state index contributed by atoms with van der Waals surface area (Å²) in [5.74, 6) is 0.749. The van der Waals surface area contributed by atoms with Crippen LogP contribution in [-0.2, 0) is 4.74 Å². The molecule has 3 N–H and O–H groups in total. The number of hydrogen-bond donors (Lipinski definition) is 3. The highest BCUT2D eigenvalue weighted by Gasteiger charge is 2.10. The molecule has 0 saturated carbocycles. The number of anilines is 1. The number of nitrogens with one attached hydrogen (secondary N) is 3. The fourth-order valence-electron chi connectivity index (χ4n) is 1.98. The molecule has 1 aliphatic rings. The Bertz CT molecular complexity index is 533. The lowest BCUT2D eigenvalue weighted by molar-refractivity contribution is -0.404. The maximum absolute atomic E-state index is 10.7. The van der Waals surface area contributed by atoms with Gasteiger partial charge in [-0.2, -0.15) is 0 Å². The number of nitrogens with zero attached hydrogens (tertiary/aromatic N) is 3. The normalized spacial score (nSPS) is 16.0. The van der Waals surface area contributed by atoms with E-state index in [4.69, 9.17) is 16.3 Å². The van der Waals surface area contributed by atoms with Gasteiger partial charge in [-0.15, -0.1) is 0 Å². The molecule has 0 bridgehead atoms. The summed E-state index contributed by atoms with van der Waals surface area (Å²) in [5, 5.41) is 14.2. The van der Waals surface area contributed by atoms with Crippen LogP contribution in [0.1, 0.15) is 0 Å². The molecule has 2 rings (SSSR count). The fourth-order valence-corrected chi connectivity index (χ4v) is 2.09. The predicted molar refractivity (Wildman–Crippen MR) is 86.3 cm³/mol. The number of ether oxygens (including phenoxy) is 1. The number of hydrogen-bond acceptors (Lipinski definition) is 8. The first-order valence-corrected chi connectivity index (χ1v) is 7.54. The minimum atomic E-state index is -0.527. The molecule has 10 heteroatoms. The molecule has 1 fully saturated rings. The molecule has 0 unspecified atom stereocenters. The summed E-state index contributed by atoms with van der Waals surface area (Å²) in [5.41, 5.74) is 5.51. The van der Waals surface area contributed by atoms with E-state index >= 15 is 0 Å². The van der Waals surface area contributed by atoms with Crippen molar-refractivity contribution < 1.29 is 9.66 Å². The molecule has 1 aromatic heterocycles. The lowest BCUT2D eigenvalue weighted by Crippen LogP contribution is -2.41. The summed E-state index contributed by atoms with van der Waals surface area (Å²) in [7, 11) is 0. The zero-order valence-corrected chi connectivity index (χ0v) is 13.3. The molecule has 0 spiro atoms. The van der Waals surface area contributed by atoms with Gasteiger partial charge in [-0.25, -0.2) is 4.98 Å². The average molecular weight is 343 g/mol. The summed E-state index contributed by atoms with van der Waals surface area (Å²) in [6, 6.07) is 3.33. The molecule has 0 aliphatic carbocycles. The van der Waals surface area contributed by atoms with E-state index in [1.807, 2.05) is 0 Å². The second-order valence-corrected chi connectivity index (χ2v) is 5.26. The maximum Gasteiger partial charge on any atom is 0.275 e. The molecule has 1 aromatic rings. The van der Waals surface area contributed by atoms with E-state index in [2.05, 4.69) is 26.1 Å². The molecule has 1 saturated heterocycles. The van der Waals surface area contributed by atoms with Gasteiger partial charge in [-0.1, -0.05) is 11.6 Å². The topological polar surface area (TPSA) is 105 Å². The Kier molecular flexibility index (Phi) is 6.85. The van der Waals surface area contributed by atoms with E-state index in [9.17, 15) is 10.1 Å². The zero-order valence-electron chi connectivity index (χ0n) is 12.5. The van der Waals surface area contributed by atoms with Gasteiger partial charge < -0.3 is 10.1 Å². The Labute approximate surface area is 138 Å². The van der Waals surface area contributed by atoms with Crippen LogP contribution in [0.5, 0.6) is 0 Å². The highest BCUT2D eigenvalue weighted by atomic mass is 35.5. The van der Waals surface area contributed by atoms with Crippen molar-refractivity contribution >= 4 is 17.4 Å². The number of hydrazine groups is 1. The minimum Gasteiger partial charge on any atom is -0.379 e. The van der Waals surface area contributed by atoms with Crippen molar-refractivity contribution in [2.45, 2.75) is 0 Å². The van der Waals surface area contributed by atoms with Gasteiger partial charge in [0.2, 0.25) is 0 Å². The standard InChI is InChI=1S/C13H19ClN6O3/c14-11-1-2-12(16-9-11)17-18-13(10-20(21)22)15-3-4-19-5-7-23-8-6-19/h1-2,9-10,15,18H,3-8H2,(H,16,17)/b13-10-. The number of aromatic nitrogens is 1. The van der Waals surface area contributed by atoms with E-state index in [0.717, 1.165) is 39.0 Å². The van der Waals surface area contributed by atoms with Crippen molar-refractivity contribution in [2.75, 3.05) is 44.8 Å². The van der Waals surface area contributed by atoms with E-state index in [-0.39, 0.29) is 5.82 Å². The van der Waals surface area contributed by atoms with Gasteiger partial charge in [-0.05, 0) is 12.1 Å². The minimum absolute atomic E-state index is 0.250. The Morgan fingerprint density at radius 3 is 2.91 bits per heavy atom. The van der Waals surface area contributed by atoms with E-state index in [1.54, 1.807) is 12.1 Å². The summed E-state index contributed by atoms with van der Waals surface area (Å²) in [6.45, 7) is 4.54. The highest BCUT2D eigenvalue weighted by molar-refractivity contribution is 6.30. The van der Waals surface area contributed by atoms with Crippen molar-refractivity contribution in [3.63, 3.8) is 0 Å². The van der Waals surface area contributed by atoms with Crippen molar-refractivity contribution in [1.82, 2.24) is 20.6 Å². The largest absolute Gasteiger partial charge is 0.379 e. The Balaban J connectivity index is 1.79. The number of nitro groups is 1. The molecule has 0 amide bonds. The van der Waals surface area contributed by atoms with Gasteiger partial charge in [-0.3, -0.25) is 25.9 Å². The van der Waals surface area contributed by atoms with Crippen LogP contribution in [0.4, 0.5) is 5.82 Å². The molecule has 2 heterocycles. The zero-order chi connectivity index (χ0) is 16.5. The van der Waals surface area contributed by atoms with Crippen LogP contribution < -0.4 is 16.2 Å². The SMILES string of the molecule is O=[N+]([O-])/C=C(/NCCN1CCOCC1)NNc1ccc(Cl)cn1. The highest BCUT2D eigenvalue weighted by Crippen LogP contribution is 2.08. The van der Waals surface area contributed by atoms with E-state index in [1.165, 1.54) is 6.20 Å². The third-order valence-electron chi connectivity index (χ3n) is 3.13. The lowest BCUT2D eigenvalue weighted by atomic mass is 10.4. The van der Waals surface area contributed by atoms with Gasteiger partial charge in [0.25, 0.3) is 6.20 Å². The van der Waals surface area contributed by atoms with Crippen LogP contribution >= 0.6 is 11.6 Å². The second kappa shape index (κ2) is 9.13. The van der Waals surface area contributed by atoms with Crippen molar-refractivity contribution in [1.29, 1.82) is 0 Å². The summed E-state index contributed by atoms with van der Waals surface area (Å²) in [4.78, 5) is 16.4. The van der Waals surface area contributed by atoms with Gasteiger partial charge in [0.15, 0.2) is 5.82 Å². The van der Waals surface area contributed by atoms with E-state index < -0.39 is 4.92 Å². The second-order valence-electron chi connectivity index (χ2n) is 4.82. The Morgan fingerprint density at radius 2 is 2.26 bits per heavy atom. The van der Waals surface area contributed by atoms with Crippen LogP contribution in [0, 0.1) is 10.1 Å². The molecule has 0 atom stereocenters. The summed E-state index contributed by atoms with van der Waals surface area (Å²) >= 11 is 5.75. The smallest absolute Gasteiger partial charge is 0.275 e. The van der Waals surface area contributed by atoms with Crippen LogP contribution in [0.15, 0.2) is 30.4 Å². The van der Waals surface area contributed by atoms with Crippen LogP contribution in [0.2, 0.25) is 5.02 Å².